The number of rotatable bonds is 3. The molecule has 0 saturated carbocycles. The minimum atomic E-state index is 0.764. The van der Waals surface area contributed by atoms with Crippen LogP contribution < -0.4 is 5.73 Å². The number of aryl methyl sites for hydroxylation is 1. The van der Waals surface area contributed by atoms with Gasteiger partial charge in [0, 0.05) is 35.9 Å². The van der Waals surface area contributed by atoms with Crippen LogP contribution in [0.2, 0.25) is 0 Å². The zero-order chi connectivity index (χ0) is 12.5. The normalized spacial score (nSPS) is 14.9. The fraction of sp³-hybridized carbons (Fsp3) is 0.467. The zero-order valence-corrected chi connectivity index (χ0v) is 10.9. The summed E-state index contributed by atoms with van der Waals surface area (Å²) in [6, 6.07) is 6.28. The average Bonchev–Trinajstić information content (AvgIpc) is 2.70. The Morgan fingerprint density at radius 3 is 2.94 bits per heavy atom. The predicted octanol–water partition coefficient (Wildman–Crippen LogP) is 2.75. The summed E-state index contributed by atoms with van der Waals surface area (Å²) in [6.45, 7) is 1.70. The van der Waals surface area contributed by atoms with Crippen molar-refractivity contribution in [1.29, 1.82) is 0 Å². The van der Waals surface area contributed by atoms with Gasteiger partial charge in [0.05, 0.1) is 6.61 Å². The first-order chi connectivity index (χ1) is 8.81. The first kappa shape index (κ1) is 11.6. The fourth-order valence-corrected chi connectivity index (χ4v) is 3.09. The van der Waals surface area contributed by atoms with Crippen LogP contribution in [0.5, 0.6) is 0 Å². The summed E-state index contributed by atoms with van der Waals surface area (Å²) in [6.07, 6.45) is 4.97. The zero-order valence-electron chi connectivity index (χ0n) is 10.9. The van der Waals surface area contributed by atoms with E-state index >= 15 is 0 Å². The molecule has 1 aliphatic rings. The largest absolute Gasteiger partial charge is 0.399 e. The Morgan fingerprint density at radius 1 is 1.28 bits per heavy atom. The molecule has 1 aromatic carbocycles. The molecule has 0 atom stereocenters. The highest BCUT2D eigenvalue weighted by Gasteiger charge is 2.19. The van der Waals surface area contributed by atoms with Crippen LogP contribution >= 0.6 is 0 Å². The molecule has 0 fully saturated rings. The van der Waals surface area contributed by atoms with E-state index in [-0.39, 0.29) is 0 Å². The summed E-state index contributed by atoms with van der Waals surface area (Å²) in [7, 11) is 1.76. The molecule has 0 unspecified atom stereocenters. The van der Waals surface area contributed by atoms with Crippen molar-refractivity contribution in [2.45, 2.75) is 32.2 Å². The summed E-state index contributed by atoms with van der Waals surface area (Å²) in [4.78, 5) is 0. The molecule has 1 heterocycles. The van der Waals surface area contributed by atoms with Gasteiger partial charge >= 0.3 is 0 Å². The molecule has 1 aromatic heterocycles. The van der Waals surface area contributed by atoms with Crippen molar-refractivity contribution in [3.05, 3.63) is 29.5 Å². The molecule has 0 aliphatic heterocycles. The molecule has 0 bridgehead atoms. The Balaban J connectivity index is 2.19. The summed E-state index contributed by atoms with van der Waals surface area (Å²) < 4.78 is 7.66. The number of anilines is 1. The van der Waals surface area contributed by atoms with Gasteiger partial charge in [-0.15, -0.1) is 0 Å². The number of benzene rings is 1. The van der Waals surface area contributed by atoms with E-state index in [1.165, 1.54) is 47.8 Å². The summed E-state index contributed by atoms with van der Waals surface area (Å²) in [5.74, 6) is 0. The van der Waals surface area contributed by atoms with Gasteiger partial charge < -0.3 is 15.0 Å². The molecule has 3 nitrogen and oxygen atoms in total. The lowest BCUT2D eigenvalue weighted by atomic mass is 9.95. The van der Waals surface area contributed by atoms with Gasteiger partial charge in [-0.25, -0.2) is 0 Å². The van der Waals surface area contributed by atoms with E-state index in [0.717, 1.165) is 18.8 Å². The second kappa shape index (κ2) is 4.65. The number of nitrogens with zero attached hydrogens (tertiary/aromatic N) is 1. The third-order valence-corrected chi connectivity index (χ3v) is 3.92. The number of fused-ring (bicyclic) bond motifs is 3. The quantitative estimate of drug-likeness (QED) is 0.843. The maximum absolute atomic E-state index is 5.93. The Labute approximate surface area is 108 Å². The molecule has 2 N–H and O–H groups in total. The standard InChI is InChI=1S/C15H20N2O/c1-18-9-8-17-14-5-3-2-4-12(14)13-10-11(16)6-7-15(13)17/h6-7,10H,2-5,8-9,16H2,1H3. The molecule has 0 radical (unpaired) electrons. The van der Waals surface area contributed by atoms with Crippen LogP contribution in [-0.4, -0.2) is 18.3 Å². The Kier molecular flexibility index (Phi) is 3.00. The van der Waals surface area contributed by atoms with E-state index in [9.17, 15) is 0 Å². The van der Waals surface area contributed by atoms with E-state index in [1.54, 1.807) is 7.11 Å². The van der Waals surface area contributed by atoms with Crippen LogP contribution in [0.3, 0.4) is 0 Å². The van der Waals surface area contributed by atoms with Crippen LogP contribution in [0.4, 0.5) is 5.69 Å². The average molecular weight is 244 g/mol. The molecule has 3 rings (SSSR count). The molecule has 0 amide bonds. The minimum Gasteiger partial charge on any atom is -0.399 e. The van der Waals surface area contributed by atoms with Crippen LogP contribution in [0.25, 0.3) is 10.9 Å². The van der Waals surface area contributed by atoms with Gasteiger partial charge in [0.1, 0.15) is 0 Å². The number of methoxy groups -OCH3 is 1. The number of nitrogens with two attached hydrogens (primary N) is 1. The van der Waals surface area contributed by atoms with Gasteiger partial charge in [-0.2, -0.15) is 0 Å². The van der Waals surface area contributed by atoms with Gasteiger partial charge in [-0.05, 0) is 49.4 Å². The van der Waals surface area contributed by atoms with Crippen molar-refractivity contribution >= 4 is 16.6 Å². The maximum Gasteiger partial charge on any atom is 0.0642 e. The Morgan fingerprint density at radius 2 is 2.11 bits per heavy atom. The van der Waals surface area contributed by atoms with Crippen LogP contribution in [0.1, 0.15) is 24.1 Å². The Bertz CT molecular complexity index is 571. The van der Waals surface area contributed by atoms with Crippen molar-refractivity contribution in [2.24, 2.45) is 0 Å². The van der Waals surface area contributed by atoms with Gasteiger partial charge in [0.15, 0.2) is 0 Å². The molecule has 2 aromatic rings. The van der Waals surface area contributed by atoms with Crippen molar-refractivity contribution in [2.75, 3.05) is 19.5 Å². The second-order valence-corrected chi connectivity index (χ2v) is 5.05. The number of hydrogen-bond acceptors (Lipinski definition) is 2. The predicted molar refractivity (Wildman–Crippen MR) is 74.9 cm³/mol. The highest BCUT2D eigenvalue weighted by molar-refractivity contribution is 5.88. The van der Waals surface area contributed by atoms with E-state index in [0.29, 0.717) is 0 Å². The lowest BCUT2D eigenvalue weighted by molar-refractivity contribution is 0.187. The van der Waals surface area contributed by atoms with Gasteiger partial charge in [0.2, 0.25) is 0 Å². The fourth-order valence-electron chi connectivity index (χ4n) is 3.09. The molecule has 3 heteroatoms. The van der Waals surface area contributed by atoms with Crippen LogP contribution in [0.15, 0.2) is 18.2 Å². The molecule has 1 aliphatic carbocycles. The highest BCUT2D eigenvalue weighted by Crippen LogP contribution is 2.33. The SMILES string of the molecule is COCCn1c2c(c3cc(N)ccc31)CCCC2. The van der Waals surface area contributed by atoms with Gasteiger partial charge in [-0.3, -0.25) is 0 Å². The van der Waals surface area contributed by atoms with Crippen LogP contribution in [0, 0.1) is 0 Å². The monoisotopic (exact) mass is 244 g/mol. The third-order valence-electron chi connectivity index (χ3n) is 3.92. The number of nitrogen functional groups attached to an aromatic ring is 1. The topological polar surface area (TPSA) is 40.2 Å². The minimum absolute atomic E-state index is 0.764. The van der Waals surface area contributed by atoms with Crippen molar-refractivity contribution in [3.8, 4) is 0 Å². The van der Waals surface area contributed by atoms with E-state index < -0.39 is 0 Å². The van der Waals surface area contributed by atoms with Gasteiger partial charge in [0.25, 0.3) is 0 Å². The summed E-state index contributed by atoms with van der Waals surface area (Å²) in [5, 5.41) is 1.35. The lowest BCUT2D eigenvalue weighted by Gasteiger charge is -2.15. The van der Waals surface area contributed by atoms with Crippen LogP contribution in [-0.2, 0) is 24.1 Å². The van der Waals surface area contributed by atoms with Crippen molar-refractivity contribution in [1.82, 2.24) is 4.57 Å². The van der Waals surface area contributed by atoms with Gasteiger partial charge in [-0.1, -0.05) is 0 Å². The number of ether oxygens (including phenoxy) is 1. The van der Waals surface area contributed by atoms with Crippen molar-refractivity contribution in [3.63, 3.8) is 0 Å². The van der Waals surface area contributed by atoms with E-state index in [2.05, 4.69) is 16.7 Å². The summed E-state index contributed by atoms with van der Waals surface area (Å²) >= 11 is 0. The first-order valence-corrected chi connectivity index (χ1v) is 6.69. The van der Waals surface area contributed by atoms with E-state index in [4.69, 9.17) is 10.5 Å². The third kappa shape index (κ3) is 1.79. The van der Waals surface area contributed by atoms with Crippen molar-refractivity contribution < 1.29 is 4.74 Å². The molecular formula is C15H20N2O. The molecule has 96 valence electrons. The molecule has 18 heavy (non-hydrogen) atoms. The van der Waals surface area contributed by atoms with E-state index in [1.807, 2.05) is 6.07 Å². The molecule has 0 spiro atoms. The second-order valence-electron chi connectivity index (χ2n) is 5.05. The lowest BCUT2D eigenvalue weighted by Crippen LogP contribution is -2.11. The molecule has 0 saturated heterocycles. The smallest absolute Gasteiger partial charge is 0.0642 e. The number of aromatic nitrogens is 1. The highest BCUT2D eigenvalue weighted by atomic mass is 16.5. The molecular weight excluding hydrogens is 224 g/mol. The Hall–Kier alpha value is -1.48. The first-order valence-electron chi connectivity index (χ1n) is 6.69. The number of hydrogen-bond donors (Lipinski definition) is 1. The summed E-state index contributed by atoms with van der Waals surface area (Å²) in [5.41, 5.74) is 11.1. The maximum atomic E-state index is 5.93.